The fourth-order valence-electron chi connectivity index (χ4n) is 10.7. The molecule has 3 N–H and O–H groups in total. The number of aliphatic hydroxyl groups excluding tert-OH is 1. The van der Waals surface area contributed by atoms with E-state index >= 15 is 0 Å². The third-order valence-corrected chi connectivity index (χ3v) is 18.6. The van der Waals surface area contributed by atoms with Crippen molar-refractivity contribution in [3.05, 3.63) is 72.9 Å². The van der Waals surface area contributed by atoms with Crippen molar-refractivity contribution in [1.82, 2.24) is 0 Å². The van der Waals surface area contributed by atoms with Crippen LogP contribution < -0.4 is 0 Å². The van der Waals surface area contributed by atoms with Crippen LogP contribution in [0.2, 0.25) is 0 Å². The van der Waals surface area contributed by atoms with Gasteiger partial charge in [0, 0.05) is 25.7 Å². The first kappa shape index (κ1) is 94.5. The van der Waals surface area contributed by atoms with Crippen molar-refractivity contribution in [2.45, 2.75) is 367 Å². The maximum Gasteiger partial charge on any atom is 0.472 e. The van der Waals surface area contributed by atoms with E-state index in [-0.39, 0.29) is 25.7 Å². The van der Waals surface area contributed by atoms with Crippen LogP contribution in [-0.4, -0.2) is 96.7 Å². The van der Waals surface area contributed by atoms with E-state index in [1.54, 1.807) is 0 Å². The Hall–Kier alpha value is -3.50. The molecule has 0 bridgehead atoms. The topological polar surface area (TPSA) is 237 Å². The van der Waals surface area contributed by atoms with Gasteiger partial charge in [0.05, 0.1) is 26.4 Å². The molecule has 0 rings (SSSR count). The Morgan fingerprint density at radius 3 is 0.878 bits per heavy atom. The summed E-state index contributed by atoms with van der Waals surface area (Å²) in [5, 5.41) is 10.6. The van der Waals surface area contributed by atoms with Gasteiger partial charge in [-0.25, -0.2) is 9.13 Å². The molecule has 0 aliphatic rings. The molecule has 570 valence electrons. The molecule has 0 aliphatic heterocycles. The molecule has 0 spiro atoms. The van der Waals surface area contributed by atoms with Crippen molar-refractivity contribution in [2.75, 3.05) is 39.6 Å². The summed E-state index contributed by atoms with van der Waals surface area (Å²) in [4.78, 5) is 72.9. The highest BCUT2D eigenvalue weighted by molar-refractivity contribution is 7.47. The summed E-state index contributed by atoms with van der Waals surface area (Å²) >= 11 is 0. The largest absolute Gasteiger partial charge is 0.472 e. The molecule has 0 aromatic heterocycles. The fourth-order valence-corrected chi connectivity index (χ4v) is 12.3. The zero-order valence-electron chi connectivity index (χ0n) is 62.2. The summed E-state index contributed by atoms with van der Waals surface area (Å²) in [6.45, 7) is 4.73. The highest BCUT2D eigenvalue weighted by atomic mass is 31.2. The van der Waals surface area contributed by atoms with Crippen LogP contribution in [0.1, 0.15) is 349 Å². The minimum absolute atomic E-state index is 0.0868. The fraction of sp³-hybridized carbons (Fsp3) is 0.797. The highest BCUT2D eigenvalue weighted by Crippen LogP contribution is 2.45. The lowest BCUT2D eigenvalue weighted by Crippen LogP contribution is -2.30. The number of hydrogen-bond acceptors (Lipinski definition) is 15. The van der Waals surface area contributed by atoms with Crippen molar-refractivity contribution >= 4 is 39.5 Å². The molecule has 17 nitrogen and oxygen atoms in total. The summed E-state index contributed by atoms with van der Waals surface area (Å²) in [7, 11) is -9.95. The molecule has 19 heteroatoms. The first-order valence-corrected chi connectivity index (χ1v) is 42.2. The average molecular weight is 1430 g/mol. The van der Waals surface area contributed by atoms with E-state index < -0.39 is 97.5 Å². The molecule has 98 heavy (non-hydrogen) atoms. The molecule has 0 amide bonds. The number of ether oxygens (including phenoxy) is 4. The molecule has 0 fully saturated rings. The summed E-state index contributed by atoms with van der Waals surface area (Å²) in [6.07, 6.45) is 71.8. The number of phosphoric acid groups is 2. The van der Waals surface area contributed by atoms with Crippen molar-refractivity contribution in [3.8, 4) is 0 Å². The van der Waals surface area contributed by atoms with Gasteiger partial charge in [-0.15, -0.1) is 0 Å². The van der Waals surface area contributed by atoms with E-state index in [9.17, 15) is 43.2 Å². The van der Waals surface area contributed by atoms with Crippen molar-refractivity contribution < 1.29 is 80.2 Å². The van der Waals surface area contributed by atoms with Gasteiger partial charge in [0.2, 0.25) is 0 Å². The number of carbonyl (C=O) groups excluding carboxylic acids is 4. The van der Waals surface area contributed by atoms with Gasteiger partial charge in [0.1, 0.15) is 19.3 Å². The van der Waals surface area contributed by atoms with E-state index in [4.69, 9.17) is 37.0 Å². The molecule has 0 saturated heterocycles. The van der Waals surface area contributed by atoms with Crippen LogP contribution in [0.4, 0.5) is 0 Å². The van der Waals surface area contributed by atoms with Gasteiger partial charge >= 0.3 is 39.5 Å². The molecule has 0 saturated carbocycles. The van der Waals surface area contributed by atoms with Gasteiger partial charge in [-0.3, -0.25) is 37.3 Å². The number of rotatable bonds is 74. The smallest absolute Gasteiger partial charge is 0.462 e. The lowest BCUT2D eigenvalue weighted by Gasteiger charge is -2.21. The minimum atomic E-state index is -4.98. The first-order chi connectivity index (χ1) is 47.7. The maximum atomic E-state index is 13.1. The summed E-state index contributed by atoms with van der Waals surface area (Å²) in [6, 6.07) is 0. The lowest BCUT2D eigenvalue weighted by atomic mass is 10.0. The third-order valence-electron chi connectivity index (χ3n) is 16.7. The second-order valence-electron chi connectivity index (χ2n) is 26.3. The van der Waals surface area contributed by atoms with Crippen LogP contribution in [0.5, 0.6) is 0 Å². The molecule has 0 aromatic rings. The molecule has 0 heterocycles. The van der Waals surface area contributed by atoms with Crippen LogP contribution >= 0.6 is 15.6 Å². The van der Waals surface area contributed by atoms with Crippen LogP contribution in [0.3, 0.4) is 0 Å². The highest BCUT2D eigenvalue weighted by Gasteiger charge is 2.30. The second-order valence-corrected chi connectivity index (χ2v) is 29.2. The Morgan fingerprint density at radius 2 is 0.541 bits per heavy atom. The zero-order valence-corrected chi connectivity index (χ0v) is 64.0. The molecule has 0 aromatic carbocycles. The number of aliphatic hydroxyl groups is 1. The SMILES string of the molecule is CC/C=C\C/C=C\C/C=C\C/C=C\C/C=C\CCCC(=O)OCC(COP(=O)(O)OCC(O)COP(=O)(O)OCC(COC(=O)CCCCCCCCCCCCCCCCC)OC(=O)CCCCCCC/C=C\CCCCCC)OC(=O)CCCCCCCCCCCCCCC. The molecular formula is C79H142O17P2. The number of carbonyl (C=O) groups is 4. The quantitative estimate of drug-likeness (QED) is 0.0169. The normalized spacial score (nSPS) is 14.3. The third kappa shape index (κ3) is 70.9. The van der Waals surface area contributed by atoms with E-state index in [1.807, 2.05) is 12.2 Å². The second kappa shape index (κ2) is 71.9. The number of unbranched alkanes of at least 4 members (excludes halogenated alkanes) is 36. The minimum Gasteiger partial charge on any atom is -0.462 e. The van der Waals surface area contributed by atoms with Gasteiger partial charge in [-0.2, -0.15) is 0 Å². The average Bonchev–Trinajstić information content (AvgIpc) is 0.969. The number of esters is 4. The van der Waals surface area contributed by atoms with E-state index in [2.05, 4.69) is 88.5 Å². The van der Waals surface area contributed by atoms with Gasteiger partial charge in [-0.1, -0.05) is 306 Å². The monoisotopic (exact) mass is 1420 g/mol. The van der Waals surface area contributed by atoms with E-state index in [0.717, 1.165) is 116 Å². The summed E-state index contributed by atoms with van der Waals surface area (Å²) in [5.74, 6) is -2.22. The van der Waals surface area contributed by atoms with Gasteiger partial charge in [-0.05, 0) is 89.9 Å². The molecule has 0 radical (unpaired) electrons. The lowest BCUT2D eigenvalue weighted by molar-refractivity contribution is -0.161. The van der Waals surface area contributed by atoms with Crippen molar-refractivity contribution in [2.24, 2.45) is 0 Å². The Labute approximate surface area is 596 Å². The Morgan fingerprint density at radius 1 is 0.296 bits per heavy atom. The molecular weight excluding hydrogens is 1280 g/mol. The molecule has 5 atom stereocenters. The maximum absolute atomic E-state index is 13.1. The Bertz CT molecular complexity index is 2140. The number of phosphoric ester groups is 2. The molecule has 5 unspecified atom stereocenters. The Balaban J connectivity index is 5.35. The zero-order chi connectivity index (χ0) is 71.8. The summed E-state index contributed by atoms with van der Waals surface area (Å²) < 4.78 is 68.5. The standard InChI is InChI=1S/C79H142O17P2/c1-5-9-13-17-21-25-29-33-35-36-38-42-44-48-52-56-60-64-77(82)90-70-75(96-79(84)66-62-58-54-50-46-40-32-28-24-20-16-12-8-4)72-94-98(87,88)92-68-73(80)67-91-97(85,86)93-71-74(95-78(83)65-61-57-53-49-45-39-31-27-23-19-15-11-7-3)69-89-76(81)63-59-55-51-47-43-41-37-34-30-26-22-18-14-10-6-2/h9,13,21,25,27,31,33,35,38,42,48,52,73-75,80H,5-8,10-12,14-20,22-24,26,28-30,32,34,36-37,39-41,43-47,49-51,53-72H2,1-4H3,(H,85,86)(H,87,88)/b13-9-,25-21-,31-27-,35-33-,42-38-,52-48-. The first-order valence-electron chi connectivity index (χ1n) is 39.2. The number of allylic oxidation sites excluding steroid dienone is 12. The molecule has 0 aliphatic carbocycles. The summed E-state index contributed by atoms with van der Waals surface area (Å²) in [5.41, 5.74) is 0. The van der Waals surface area contributed by atoms with Gasteiger partial charge in [0.15, 0.2) is 12.2 Å². The van der Waals surface area contributed by atoms with Gasteiger partial charge < -0.3 is 33.8 Å². The van der Waals surface area contributed by atoms with Gasteiger partial charge in [0.25, 0.3) is 0 Å². The van der Waals surface area contributed by atoms with Crippen molar-refractivity contribution in [1.29, 1.82) is 0 Å². The van der Waals surface area contributed by atoms with Crippen LogP contribution in [0.15, 0.2) is 72.9 Å². The van der Waals surface area contributed by atoms with Crippen LogP contribution in [-0.2, 0) is 65.4 Å². The van der Waals surface area contributed by atoms with E-state index in [1.165, 1.54) is 148 Å². The number of hydrogen-bond donors (Lipinski definition) is 3. The van der Waals surface area contributed by atoms with Crippen molar-refractivity contribution in [3.63, 3.8) is 0 Å². The predicted octanol–water partition coefficient (Wildman–Crippen LogP) is 22.4. The van der Waals surface area contributed by atoms with Crippen LogP contribution in [0.25, 0.3) is 0 Å². The van der Waals surface area contributed by atoms with E-state index in [0.29, 0.717) is 32.1 Å². The predicted molar refractivity (Wildman–Crippen MR) is 400 cm³/mol. The van der Waals surface area contributed by atoms with Crippen LogP contribution in [0, 0.1) is 0 Å². The Kier molecular flexibility index (Phi) is 69.3.